The highest BCUT2D eigenvalue weighted by Crippen LogP contribution is 2.44. The highest BCUT2D eigenvalue weighted by molar-refractivity contribution is 5.88. The van der Waals surface area contributed by atoms with Crippen LogP contribution >= 0.6 is 0 Å². The van der Waals surface area contributed by atoms with Crippen LogP contribution in [0.4, 0.5) is 0 Å². The molecule has 5 heteroatoms. The van der Waals surface area contributed by atoms with Gasteiger partial charge in [0.2, 0.25) is 0 Å². The van der Waals surface area contributed by atoms with E-state index in [1.54, 1.807) is 29.2 Å². The van der Waals surface area contributed by atoms with E-state index in [-0.39, 0.29) is 24.7 Å². The van der Waals surface area contributed by atoms with Gasteiger partial charge in [-0.2, -0.15) is 0 Å². The standard InChI is InChI=1S/C45H64O5/c1-7-10-11-12-37-19-22-41(26-35(37)8-2)39-17-20-40(21-18-39)43-24-23-42(27-36(43)9-3)38-15-13-33(14-16-38)25-34(29-49-44(47)31(4)5)30-50-45(48)32(6)28-46/h19,22-24,26-27,33-34,38-40,46H,4,6-18,20-21,25,28-30H2,1-3,5H3. The first-order chi connectivity index (χ1) is 24.2. The average molecular weight is 685 g/mol. The van der Waals surface area contributed by atoms with Crippen LogP contribution in [0.15, 0.2) is 60.7 Å². The lowest BCUT2D eigenvalue weighted by atomic mass is 9.73. The lowest BCUT2D eigenvalue weighted by Crippen LogP contribution is -2.26. The van der Waals surface area contributed by atoms with E-state index in [0.717, 1.165) is 44.9 Å². The van der Waals surface area contributed by atoms with Gasteiger partial charge >= 0.3 is 11.9 Å². The fourth-order valence-electron chi connectivity index (χ4n) is 8.42. The summed E-state index contributed by atoms with van der Waals surface area (Å²) in [6, 6.07) is 14.8. The Labute approximate surface area is 302 Å². The molecule has 2 aliphatic carbocycles. The molecule has 0 bridgehead atoms. The van der Waals surface area contributed by atoms with Crippen LogP contribution in [0.25, 0.3) is 0 Å². The van der Waals surface area contributed by atoms with Crippen LogP contribution in [0.2, 0.25) is 0 Å². The van der Waals surface area contributed by atoms with Crippen molar-refractivity contribution in [1.82, 2.24) is 0 Å². The highest BCUT2D eigenvalue weighted by atomic mass is 16.5. The van der Waals surface area contributed by atoms with Gasteiger partial charge in [0.05, 0.1) is 25.4 Å². The molecule has 0 amide bonds. The van der Waals surface area contributed by atoms with E-state index >= 15 is 0 Å². The molecule has 0 aromatic heterocycles. The highest BCUT2D eigenvalue weighted by Gasteiger charge is 2.29. The first kappa shape index (κ1) is 39.6. The second-order valence-corrected chi connectivity index (χ2v) is 15.3. The van der Waals surface area contributed by atoms with Crippen LogP contribution in [0.1, 0.15) is 156 Å². The number of unbranched alkanes of at least 4 members (excludes halogenated alkanes) is 2. The molecule has 0 aliphatic heterocycles. The van der Waals surface area contributed by atoms with Crippen molar-refractivity contribution in [1.29, 1.82) is 0 Å². The molecule has 0 saturated heterocycles. The summed E-state index contributed by atoms with van der Waals surface area (Å²) in [6.07, 6.45) is 17.7. The fourth-order valence-corrected chi connectivity index (χ4v) is 8.42. The Morgan fingerprint density at radius 3 is 1.88 bits per heavy atom. The maximum absolute atomic E-state index is 12.1. The molecule has 5 nitrogen and oxygen atoms in total. The minimum Gasteiger partial charge on any atom is -0.462 e. The van der Waals surface area contributed by atoms with Gasteiger partial charge in [0, 0.05) is 11.5 Å². The summed E-state index contributed by atoms with van der Waals surface area (Å²) in [5.41, 5.74) is 9.66. The Morgan fingerprint density at radius 1 is 0.740 bits per heavy atom. The monoisotopic (exact) mass is 684 g/mol. The van der Waals surface area contributed by atoms with Crippen molar-refractivity contribution in [3.8, 4) is 0 Å². The molecule has 0 heterocycles. The van der Waals surface area contributed by atoms with Crippen molar-refractivity contribution in [2.45, 2.75) is 142 Å². The van der Waals surface area contributed by atoms with Crippen molar-refractivity contribution in [2.24, 2.45) is 11.8 Å². The molecule has 1 atom stereocenters. The van der Waals surface area contributed by atoms with E-state index in [9.17, 15) is 14.7 Å². The number of aryl methyl sites for hydroxylation is 3. The number of esters is 2. The molecule has 2 saturated carbocycles. The number of rotatable bonds is 18. The zero-order valence-electron chi connectivity index (χ0n) is 31.6. The minimum absolute atomic E-state index is 0.0255. The molecule has 2 fully saturated rings. The Hall–Kier alpha value is -3.18. The molecule has 4 rings (SSSR count). The van der Waals surface area contributed by atoms with Crippen molar-refractivity contribution in [3.63, 3.8) is 0 Å². The number of carbonyl (C=O) groups excluding carboxylic acids is 2. The lowest BCUT2D eigenvalue weighted by Gasteiger charge is -2.33. The third-order valence-corrected chi connectivity index (χ3v) is 11.6. The second-order valence-electron chi connectivity index (χ2n) is 15.3. The van der Waals surface area contributed by atoms with Crippen LogP contribution in [0, 0.1) is 11.8 Å². The number of carbonyl (C=O) groups is 2. The molecule has 274 valence electrons. The van der Waals surface area contributed by atoms with Gasteiger partial charge in [-0.25, -0.2) is 9.59 Å². The molecule has 2 aliphatic rings. The third kappa shape index (κ3) is 11.2. The lowest BCUT2D eigenvalue weighted by molar-refractivity contribution is -0.144. The fraction of sp³-hybridized carbons (Fsp3) is 0.600. The molecular weight excluding hydrogens is 620 g/mol. The van der Waals surface area contributed by atoms with Gasteiger partial charge < -0.3 is 14.6 Å². The van der Waals surface area contributed by atoms with E-state index in [2.05, 4.69) is 70.3 Å². The van der Waals surface area contributed by atoms with Crippen LogP contribution in [0.5, 0.6) is 0 Å². The van der Waals surface area contributed by atoms with Crippen LogP contribution in [-0.2, 0) is 38.3 Å². The van der Waals surface area contributed by atoms with Gasteiger partial charge in [-0.15, -0.1) is 0 Å². The number of aliphatic hydroxyl groups is 1. The van der Waals surface area contributed by atoms with Gasteiger partial charge in [0.1, 0.15) is 0 Å². The Balaban J connectivity index is 1.31. The largest absolute Gasteiger partial charge is 0.462 e. The summed E-state index contributed by atoms with van der Waals surface area (Å²) in [5.74, 6) is 1.23. The first-order valence-electron chi connectivity index (χ1n) is 19.7. The van der Waals surface area contributed by atoms with Crippen molar-refractivity contribution in [2.75, 3.05) is 19.8 Å². The Kier molecular flexibility index (Phi) is 15.9. The number of hydrogen-bond donors (Lipinski definition) is 1. The topological polar surface area (TPSA) is 72.8 Å². The predicted octanol–water partition coefficient (Wildman–Crippen LogP) is 10.5. The number of benzene rings is 2. The minimum atomic E-state index is -0.607. The van der Waals surface area contributed by atoms with Gasteiger partial charge in [-0.05, 0) is 147 Å². The summed E-state index contributed by atoms with van der Waals surface area (Å²) in [6.45, 7) is 15.6. The van der Waals surface area contributed by atoms with Gasteiger partial charge in [0.25, 0.3) is 0 Å². The first-order valence-corrected chi connectivity index (χ1v) is 19.7. The number of hydrogen-bond acceptors (Lipinski definition) is 5. The normalized spacial score (nSPS) is 21.3. The zero-order valence-corrected chi connectivity index (χ0v) is 31.6. The van der Waals surface area contributed by atoms with Crippen molar-refractivity contribution in [3.05, 3.63) is 94.1 Å². The molecule has 0 spiro atoms. The predicted molar refractivity (Wildman–Crippen MR) is 205 cm³/mol. The maximum atomic E-state index is 12.1. The number of ether oxygens (including phenoxy) is 2. The third-order valence-electron chi connectivity index (χ3n) is 11.6. The summed E-state index contributed by atoms with van der Waals surface area (Å²) in [7, 11) is 0. The van der Waals surface area contributed by atoms with Crippen LogP contribution in [0.3, 0.4) is 0 Å². The average Bonchev–Trinajstić information content (AvgIpc) is 3.15. The maximum Gasteiger partial charge on any atom is 0.335 e. The molecular formula is C45H64O5. The molecule has 1 N–H and O–H groups in total. The van der Waals surface area contributed by atoms with E-state index in [1.807, 2.05) is 0 Å². The van der Waals surface area contributed by atoms with E-state index in [1.165, 1.54) is 62.5 Å². The molecule has 0 radical (unpaired) electrons. The Bertz CT molecular complexity index is 1420. The quantitative estimate of drug-likeness (QED) is 0.0961. The van der Waals surface area contributed by atoms with E-state index in [0.29, 0.717) is 29.2 Å². The van der Waals surface area contributed by atoms with E-state index < -0.39 is 18.5 Å². The zero-order chi connectivity index (χ0) is 36.0. The van der Waals surface area contributed by atoms with Crippen LogP contribution < -0.4 is 0 Å². The second kappa shape index (κ2) is 20.0. The molecule has 2 aromatic rings. The molecule has 50 heavy (non-hydrogen) atoms. The van der Waals surface area contributed by atoms with Crippen molar-refractivity contribution < 1.29 is 24.2 Å². The number of aliphatic hydroxyl groups excluding tert-OH is 1. The van der Waals surface area contributed by atoms with Gasteiger partial charge in [-0.1, -0.05) is 83.2 Å². The molecule has 1 unspecified atom stereocenters. The van der Waals surface area contributed by atoms with Crippen molar-refractivity contribution >= 4 is 11.9 Å². The van der Waals surface area contributed by atoms with Gasteiger partial charge in [-0.3, -0.25) is 0 Å². The molecule has 2 aromatic carbocycles. The summed E-state index contributed by atoms with van der Waals surface area (Å²) < 4.78 is 10.9. The summed E-state index contributed by atoms with van der Waals surface area (Å²) >= 11 is 0. The van der Waals surface area contributed by atoms with Gasteiger partial charge in [0.15, 0.2) is 0 Å². The summed E-state index contributed by atoms with van der Waals surface area (Å²) in [4.78, 5) is 24.2. The Morgan fingerprint density at radius 2 is 1.30 bits per heavy atom. The SMILES string of the molecule is C=C(C)C(=O)OCC(COC(=O)C(=C)CO)CC1CCC(c2ccc(C3CCC(c4ccc(CCCCC)c(CC)c4)CC3)c(CC)c2)CC1. The van der Waals surface area contributed by atoms with Crippen LogP contribution in [-0.4, -0.2) is 36.9 Å². The summed E-state index contributed by atoms with van der Waals surface area (Å²) in [5, 5.41) is 9.22. The smallest absolute Gasteiger partial charge is 0.335 e. The van der Waals surface area contributed by atoms with E-state index in [4.69, 9.17) is 9.47 Å².